The minimum Gasteiger partial charge on any atom is -0.454 e. The van der Waals surface area contributed by atoms with Crippen molar-refractivity contribution in [3.8, 4) is 0 Å². The molecule has 2 saturated heterocycles. The fraction of sp³-hybridized carbons (Fsp3) is 0.500. The van der Waals surface area contributed by atoms with Gasteiger partial charge in [-0.2, -0.15) is 0 Å². The Kier molecular flexibility index (Phi) is 6.23. The van der Waals surface area contributed by atoms with Crippen molar-refractivity contribution in [2.24, 2.45) is 0 Å². The van der Waals surface area contributed by atoms with Crippen LogP contribution < -0.4 is 10.2 Å². The van der Waals surface area contributed by atoms with Gasteiger partial charge >= 0.3 is 12.0 Å². The minimum atomic E-state index is -1.03. The van der Waals surface area contributed by atoms with E-state index in [1.54, 1.807) is 30.9 Å². The van der Waals surface area contributed by atoms with E-state index in [9.17, 15) is 23.6 Å². The zero-order chi connectivity index (χ0) is 21.9. The number of imide groups is 1. The van der Waals surface area contributed by atoms with Crippen molar-refractivity contribution in [1.29, 1.82) is 0 Å². The molecule has 1 N–H and O–H groups in total. The topological polar surface area (TPSA) is 99.3 Å². The predicted octanol–water partition coefficient (Wildman–Crippen LogP) is 0.738. The number of ether oxygens (including phenoxy) is 1. The van der Waals surface area contributed by atoms with Crippen molar-refractivity contribution in [2.45, 2.75) is 25.8 Å². The summed E-state index contributed by atoms with van der Waals surface area (Å²) in [5.41, 5.74) is -0.153. The molecular formula is C20H25FN4O5. The molecule has 2 aliphatic heterocycles. The van der Waals surface area contributed by atoms with E-state index in [0.29, 0.717) is 32.6 Å². The molecule has 10 heteroatoms. The van der Waals surface area contributed by atoms with Crippen molar-refractivity contribution in [2.75, 3.05) is 44.2 Å². The number of piperazine rings is 1. The number of hydrogen-bond acceptors (Lipinski definition) is 6. The van der Waals surface area contributed by atoms with Crippen LogP contribution in [0.4, 0.5) is 14.9 Å². The molecule has 2 fully saturated rings. The Morgan fingerprint density at radius 3 is 2.33 bits per heavy atom. The number of urea groups is 1. The number of nitrogens with zero attached hydrogens (tertiary/aromatic N) is 3. The van der Waals surface area contributed by atoms with Crippen molar-refractivity contribution >= 4 is 29.5 Å². The zero-order valence-corrected chi connectivity index (χ0v) is 17.0. The highest BCUT2D eigenvalue weighted by molar-refractivity contribution is 6.08. The Morgan fingerprint density at radius 2 is 1.77 bits per heavy atom. The highest BCUT2D eigenvalue weighted by Gasteiger charge is 2.47. The summed E-state index contributed by atoms with van der Waals surface area (Å²) in [6.45, 7) is 4.39. The lowest BCUT2D eigenvalue weighted by Crippen LogP contribution is -2.50. The van der Waals surface area contributed by atoms with Gasteiger partial charge in [-0.15, -0.1) is 0 Å². The lowest BCUT2D eigenvalue weighted by atomic mass is 9.99. The number of benzene rings is 1. The third kappa shape index (κ3) is 4.52. The number of amides is 4. The van der Waals surface area contributed by atoms with Crippen LogP contribution in [-0.2, 0) is 19.1 Å². The Morgan fingerprint density at radius 1 is 1.13 bits per heavy atom. The van der Waals surface area contributed by atoms with Gasteiger partial charge < -0.3 is 19.9 Å². The van der Waals surface area contributed by atoms with Crippen LogP contribution in [0.25, 0.3) is 0 Å². The van der Waals surface area contributed by atoms with Crippen LogP contribution in [0, 0.1) is 5.82 Å². The lowest BCUT2D eigenvalue weighted by Gasteiger charge is -2.36. The quantitative estimate of drug-likeness (QED) is 0.538. The van der Waals surface area contributed by atoms with Gasteiger partial charge in [0.15, 0.2) is 6.61 Å². The monoisotopic (exact) mass is 420 g/mol. The second kappa shape index (κ2) is 8.68. The zero-order valence-electron chi connectivity index (χ0n) is 17.0. The van der Waals surface area contributed by atoms with Crippen LogP contribution in [0.15, 0.2) is 24.3 Å². The second-order valence-electron chi connectivity index (χ2n) is 7.51. The molecule has 162 valence electrons. The molecule has 1 aromatic carbocycles. The van der Waals surface area contributed by atoms with Crippen molar-refractivity contribution in [1.82, 2.24) is 15.1 Å². The Hall–Kier alpha value is -3.17. The molecule has 0 radical (unpaired) electrons. The molecule has 1 aromatic rings. The van der Waals surface area contributed by atoms with Gasteiger partial charge in [0.1, 0.15) is 17.9 Å². The van der Waals surface area contributed by atoms with E-state index in [1.165, 1.54) is 12.1 Å². The maximum Gasteiger partial charge on any atom is 0.326 e. The third-order valence-corrected chi connectivity index (χ3v) is 5.52. The average molecular weight is 420 g/mol. The third-order valence-electron chi connectivity index (χ3n) is 5.52. The number of hydrogen-bond donors (Lipinski definition) is 1. The van der Waals surface area contributed by atoms with Crippen LogP contribution in [0.5, 0.6) is 0 Å². The first-order valence-corrected chi connectivity index (χ1v) is 9.81. The standard InChI is InChI=1S/C20H25FN4O5/c1-3-20(2)18(28)25(19(29)22-20)12-17(27)30-13-16(26)24-10-8-23(9-11-24)15-6-4-14(21)5-7-15/h4-7H,3,8-13H2,1-2H3,(H,22,29). The summed E-state index contributed by atoms with van der Waals surface area (Å²) in [5, 5.41) is 2.55. The number of carbonyl (C=O) groups is 4. The van der Waals surface area contributed by atoms with E-state index in [2.05, 4.69) is 5.32 Å². The number of halogens is 1. The SMILES string of the molecule is CCC1(C)NC(=O)N(CC(=O)OCC(=O)N2CCN(c3ccc(F)cc3)CC2)C1=O. The molecule has 4 amide bonds. The first kappa shape index (κ1) is 21.5. The average Bonchev–Trinajstić information content (AvgIpc) is 2.96. The fourth-order valence-electron chi connectivity index (χ4n) is 3.40. The van der Waals surface area contributed by atoms with E-state index in [1.807, 2.05) is 4.90 Å². The summed E-state index contributed by atoms with van der Waals surface area (Å²) in [6.07, 6.45) is 0.394. The molecule has 30 heavy (non-hydrogen) atoms. The maximum absolute atomic E-state index is 13.0. The van der Waals surface area contributed by atoms with Gasteiger partial charge in [-0.05, 0) is 37.6 Å². The maximum atomic E-state index is 13.0. The Bertz CT molecular complexity index is 838. The predicted molar refractivity (Wildman–Crippen MR) is 105 cm³/mol. The highest BCUT2D eigenvalue weighted by atomic mass is 19.1. The number of nitrogens with one attached hydrogen (secondary N) is 1. The number of carbonyl (C=O) groups excluding carboxylic acids is 4. The van der Waals surface area contributed by atoms with E-state index >= 15 is 0 Å². The van der Waals surface area contributed by atoms with Crippen LogP contribution in [0.2, 0.25) is 0 Å². The van der Waals surface area contributed by atoms with Crippen LogP contribution in [0.3, 0.4) is 0 Å². The van der Waals surface area contributed by atoms with Gasteiger partial charge in [-0.1, -0.05) is 6.92 Å². The lowest BCUT2D eigenvalue weighted by molar-refractivity contribution is -0.153. The molecule has 0 spiro atoms. The molecule has 0 saturated carbocycles. The first-order valence-electron chi connectivity index (χ1n) is 9.81. The smallest absolute Gasteiger partial charge is 0.326 e. The summed E-state index contributed by atoms with van der Waals surface area (Å²) < 4.78 is 18.0. The second-order valence-corrected chi connectivity index (χ2v) is 7.51. The molecule has 3 rings (SSSR count). The van der Waals surface area contributed by atoms with Gasteiger partial charge in [-0.25, -0.2) is 9.18 Å². The number of anilines is 1. The molecule has 2 aliphatic rings. The molecular weight excluding hydrogens is 395 g/mol. The largest absolute Gasteiger partial charge is 0.454 e. The molecule has 1 atom stereocenters. The Labute approximate surface area is 173 Å². The van der Waals surface area contributed by atoms with E-state index < -0.39 is 36.6 Å². The normalized spacial score (nSPS) is 21.6. The summed E-state index contributed by atoms with van der Waals surface area (Å²) in [6, 6.07) is 5.51. The van der Waals surface area contributed by atoms with Crippen LogP contribution in [0.1, 0.15) is 20.3 Å². The van der Waals surface area contributed by atoms with Gasteiger partial charge in [-0.3, -0.25) is 19.3 Å². The number of esters is 1. The first-order chi connectivity index (χ1) is 14.2. The van der Waals surface area contributed by atoms with E-state index in [-0.39, 0.29) is 11.7 Å². The van der Waals surface area contributed by atoms with Crippen LogP contribution in [-0.4, -0.2) is 78.5 Å². The fourth-order valence-corrected chi connectivity index (χ4v) is 3.40. The molecule has 2 heterocycles. The van der Waals surface area contributed by atoms with Gasteiger partial charge in [0, 0.05) is 31.9 Å². The summed E-state index contributed by atoms with van der Waals surface area (Å²) >= 11 is 0. The van der Waals surface area contributed by atoms with Crippen molar-refractivity contribution in [3.05, 3.63) is 30.1 Å². The van der Waals surface area contributed by atoms with Gasteiger partial charge in [0.05, 0.1) is 0 Å². The van der Waals surface area contributed by atoms with E-state index in [4.69, 9.17) is 4.74 Å². The molecule has 0 bridgehead atoms. The molecule has 9 nitrogen and oxygen atoms in total. The summed E-state index contributed by atoms with van der Waals surface area (Å²) in [4.78, 5) is 53.0. The van der Waals surface area contributed by atoms with Crippen molar-refractivity contribution < 1.29 is 28.3 Å². The van der Waals surface area contributed by atoms with Gasteiger partial charge in [0.2, 0.25) is 0 Å². The molecule has 0 aliphatic carbocycles. The summed E-state index contributed by atoms with van der Waals surface area (Å²) in [5.74, 6) is -1.97. The van der Waals surface area contributed by atoms with Crippen LogP contribution >= 0.6 is 0 Å². The van der Waals surface area contributed by atoms with Crippen molar-refractivity contribution in [3.63, 3.8) is 0 Å². The Balaban J connectivity index is 1.44. The molecule has 1 unspecified atom stereocenters. The van der Waals surface area contributed by atoms with Gasteiger partial charge in [0.25, 0.3) is 11.8 Å². The molecule has 0 aromatic heterocycles. The highest BCUT2D eigenvalue weighted by Crippen LogP contribution is 2.20. The van der Waals surface area contributed by atoms with E-state index in [0.717, 1.165) is 10.6 Å². The summed E-state index contributed by atoms with van der Waals surface area (Å²) in [7, 11) is 0. The number of rotatable bonds is 6. The minimum absolute atomic E-state index is 0.304.